The number of hydrogen-bond donors (Lipinski definition) is 2. The fourth-order valence-corrected chi connectivity index (χ4v) is 4.54. The lowest BCUT2D eigenvalue weighted by Crippen LogP contribution is -2.21. The number of nitrogens with zero attached hydrogens (tertiary/aromatic N) is 1. The lowest BCUT2D eigenvalue weighted by molar-refractivity contribution is -0.115. The molecule has 5 rings (SSSR count). The third kappa shape index (κ3) is 4.34. The van der Waals surface area contributed by atoms with Gasteiger partial charge in [-0.2, -0.15) is 5.10 Å². The molecule has 1 aromatic heterocycles. The Kier molecular flexibility index (Phi) is 6.47. The largest absolute Gasteiger partial charge is 0.496 e. The minimum Gasteiger partial charge on any atom is -0.496 e. The van der Waals surface area contributed by atoms with Crippen molar-refractivity contribution in [3.63, 3.8) is 0 Å². The van der Waals surface area contributed by atoms with Crippen LogP contribution >= 0.6 is 12.4 Å². The van der Waals surface area contributed by atoms with E-state index in [0.717, 1.165) is 40.6 Å². The minimum absolute atomic E-state index is 0. The van der Waals surface area contributed by atoms with Crippen molar-refractivity contribution in [1.29, 1.82) is 0 Å². The summed E-state index contributed by atoms with van der Waals surface area (Å²) in [6.07, 6.45) is 2.40. The lowest BCUT2D eigenvalue weighted by Gasteiger charge is -2.35. The molecule has 0 spiro atoms. The fourth-order valence-electron chi connectivity index (χ4n) is 4.54. The van der Waals surface area contributed by atoms with Crippen LogP contribution in [-0.4, -0.2) is 23.2 Å². The zero-order valence-corrected chi connectivity index (χ0v) is 18.7. The summed E-state index contributed by atoms with van der Waals surface area (Å²) in [5, 5.41) is 12.6. The summed E-state index contributed by atoms with van der Waals surface area (Å²) in [6, 6.07) is 24.4. The molecule has 1 amide bonds. The second-order valence-electron chi connectivity index (χ2n) is 8.18. The number of rotatable bonds is 6. The number of nitrogens with one attached hydrogen (secondary N) is 2. The van der Waals surface area contributed by atoms with Gasteiger partial charge >= 0.3 is 0 Å². The molecule has 3 aromatic carbocycles. The molecule has 164 valence electrons. The number of fused-ring (bicyclic) bond motifs is 1. The Labute approximate surface area is 193 Å². The number of amides is 1. The molecule has 1 heterocycles. The average molecular weight is 448 g/mol. The Morgan fingerprint density at radius 1 is 1.03 bits per heavy atom. The molecule has 0 bridgehead atoms. The monoisotopic (exact) mass is 447 g/mol. The predicted molar refractivity (Wildman–Crippen MR) is 130 cm³/mol. The summed E-state index contributed by atoms with van der Waals surface area (Å²) in [5.41, 5.74) is 3.29. The van der Waals surface area contributed by atoms with Crippen molar-refractivity contribution in [1.82, 2.24) is 10.2 Å². The number of ether oxygens (including phenoxy) is 1. The van der Waals surface area contributed by atoms with Gasteiger partial charge in [-0.1, -0.05) is 60.7 Å². The van der Waals surface area contributed by atoms with Gasteiger partial charge in [-0.3, -0.25) is 9.89 Å². The molecule has 0 radical (unpaired) electrons. The van der Waals surface area contributed by atoms with Crippen molar-refractivity contribution in [2.45, 2.75) is 31.1 Å². The molecule has 1 fully saturated rings. The zero-order valence-electron chi connectivity index (χ0n) is 17.9. The number of hydrogen-bond acceptors (Lipinski definition) is 3. The standard InChI is InChI=1S/C26H25N3O2.ClH/c1-31-24-12-5-4-11-22(24)19-13-20(14-19)23-16-25(29-28-23)27-26(30)15-18-9-6-8-17-7-2-3-10-21(17)18;/h2-12,16,19-20H,13-15H2,1H3,(H2,27,28,29,30);1H. The SMILES string of the molecule is COc1ccccc1C1CC(c2cc(NC(=O)Cc3cccc4ccccc34)[nH]n2)C1.Cl. The van der Waals surface area contributed by atoms with Crippen LogP contribution in [0.3, 0.4) is 0 Å². The highest BCUT2D eigenvalue weighted by molar-refractivity contribution is 5.95. The highest BCUT2D eigenvalue weighted by Crippen LogP contribution is 2.49. The van der Waals surface area contributed by atoms with Gasteiger partial charge in [0, 0.05) is 12.0 Å². The molecule has 32 heavy (non-hydrogen) atoms. The summed E-state index contributed by atoms with van der Waals surface area (Å²) < 4.78 is 5.50. The molecule has 1 saturated carbocycles. The molecular weight excluding hydrogens is 422 g/mol. The third-order valence-corrected chi connectivity index (χ3v) is 6.24. The first kappa shape index (κ1) is 21.9. The van der Waals surface area contributed by atoms with Crippen LogP contribution in [0.25, 0.3) is 10.8 Å². The number of halogens is 1. The molecule has 0 atom stereocenters. The molecule has 0 saturated heterocycles. The molecule has 4 aromatic rings. The highest BCUT2D eigenvalue weighted by atomic mass is 35.5. The molecular formula is C26H26ClN3O2. The average Bonchev–Trinajstić information content (AvgIpc) is 3.21. The number of carbonyl (C=O) groups is 1. The van der Waals surface area contributed by atoms with Crippen molar-refractivity contribution in [2.24, 2.45) is 0 Å². The van der Waals surface area contributed by atoms with Gasteiger partial charge in [0.05, 0.1) is 19.2 Å². The normalized spacial score (nSPS) is 17.3. The van der Waals surface area contributed by atoms with Gasteiger partial charge in [0.25, 0.3) is 0 Å². The van der Waals surface area contributed by atoms with Gasteiger partial charge in [-0.15, -0.1) is 12.4 Å². The van der Waals surface area contributed by atoms with Crippen LogP contribution in [0.2, 0.25) is 0 Å². The molecule has 2 N–H and O–H groups in total. The Balaban J connectivity index is 0.00000245. The first-order chi connectivity index (χ1) is 15.2. The van der Waals surface area contributed by atoms with E-state index in [4.69, 9.17) is 4.74 Å². The lowest BCUT2D eigenvalue weighted by atomic mass is 9.70. The van der Waals surface area contributed by atoms with Crippen molar-refractivity contribution in [3.05, 3.63) is 89.6 Å². The molecule has 6 heteroatoms. The van der Waals surface area contributed by atoms with E-state index in [2.05, 4.69) is 45.8 Å². The molecule has 5 nitrogen and oxygen atoms in total. The Bertz CT molecular complexity index is 1230. The molecule has 0 aliphatic heterocycles. The summed E-state index contributed by atoms with van der Waals surface area (Å²) >= 11 is 0. The molecule has 1 aliphatic rings. The van der Waals surface area contributed by atoms with Crippen LogP contribution in [0.1, 0.15) is 41.5 Å². The summed E-state index contributed by atoms with van der Waals surface area (Å²) in [5.74, 6) is 2.44. The zero-order chi connectivity index (χ0) is 21.2. The topological polar surface area (TPSA) is 67.0 Å². The summed E-state index contributed by atoms with van der Waals surface area (Å²) in [4.78, 5) is 12.6. The van der Waals surface area contributed by atoms with Crippen molar-refractivity contribution in [3.8, 4) is 5.75 Å². The predicted octanol–water partition coefficient (Wildman–Crippen LogP) is 5.84. The summed E-state index contributed by atoms with van der Waals surface area (Å²) in [7, 11) is 1.72. The van der Waals surface area contributed by atoms with E-state index >= 15 is 0 Å². The van der Waals surface area contributed by atoms with Crippen molar-refractivity contribution < 1.29 is 9.53 Å². The highest BCUT2D eigenvalue weighted by Gasteiger charge is 2.34. The van der Waals surface area contributed by atoms with Gasteiger partial charge in [0.1, 0.15) is 11.6 Å². The van der Waals surface area contributed by atoms with Crippen LogP contribution in [0.15, 0.2) is 72.8 Å². The first-order valence-corrected chi connectivity index (χ1v) is 10.7. The number of aromatic nitrogens is 2. The molecule has 1 aliphatic carbocycles. The maximum atomic E-state index is 12.6. The summed E-state index contributed by atoms with van der Waals surface area (Å²) in [6.45, 7) is 0. The Morgan fingerprint density at radius 2 is 1.78 bits per heavy atom. The number of methoxy groups -OCH3 is 1. The van der Waals surface area contributed by atoms with Gasteiger partial charge in [-0.25, -0.2) is 0 Å². The van der Waals surface area contributed by atoms with Crippen molar-refractivity contribution >= 4 is 34.9 Å². The first-order valence-electron chi connectivity index (χ1n) is 10.7. The maximum Gasteiger partial charge on any atom is 0.229 e. The third-order valence-electron chi connectivity index (χ3n) is 6.24. The van der Waals surface area contributed by atoms with Crippen LogP contribution in [0, 0.1) is 0 Å². The number of para-hydroxylation sites is 1. The van der Waals surface area contributed by atoms with Crippen LogP contribution in [0.5, 0.6) is 5.75 Å². The fraction of sp³-hybridized carbons (Fsp3) is 0.231. The van der Waals surface area contributed by atoms with E-state index in [-0.39, 0.29) is 18.3 Å². The number of benzene rings is 3. The van der Waals surface area contributed by atoms with Crippen molar-refractivity contribution in [2.75, 3.05) is 12.4 Å². The van der Waals surface area contributed by atoms with Gasteiger partial charge in [0.15, 0.2) is 0 Å². The Hall–Kier alpha value is -3.31. The minimum atomic E-state index is -0.0490. The van der Waals surface area contributed by atoms with Gasteiger partial charge < -0.3 is 10.1 Å². The maximum absolute atomic E-state index is 12.6. The van der Waals surface area contributed by atoms with E-state index in [1.807, 2.05) is 42.5 Å². The Morgan fingerprint density at radius 3 is 2.62 bits per heavy atom. The van der Waals surface area contributed by atoms with Crippen LogP contribution in [0.4, 0.5) is 5.82 Å². The van der Waals surface area contributed by atoms with Crippen LogP contribution < -0.4 is 10.1 Å². The number of carbonyl (C=O) groups excluding carboxylic acids is 1. The number of aromatic amines is 1. The number of anilines is 1. The van der Waals surface area contributed by atoms with E-state index < -0.39 is 0 Å². The van der Waals surface area contributed by atoms with Gasteiger partial charge in [0.2, 0.25) is 5.91 Å². The molecule has 0 unspecified atom stereocenters. The van der Waals surface area contributed by atoms with Gasteiger partial charge in [-0.05, 0) is 46.7 Å². The van der Waals surface area contributed by atoms with E-state index in [9.17, 15) is 4.79 Å². The van der Waals surface area contributed by atoms with E-state index in [1.54, 1.807) is 7.11 Å². The second kappa shape index (κ2) is 9.45. The van der Waals surface area contributed by atoms with E-state index in [0.29, 0.717) is 24.1 Å². The smallest absolute Gasteiger partial charge is 0.229 e. The number of H-pyrrole nitrogens is 1. The second-order valence-corrected chi connectivity index (χ2v) is 8.18. The quantitative estimate of drug-likeness (QED) is 0.390. The van der Waals surface area contributed by atoms with Crippen LogP contribution in [-0.2, 0) is 11.2 Å². The van der Waals surface area contributed by atoms with E-state index in [1.165, 1.54) is 5.56 Å².